The largest absolute Gasteiger partial charge is 0.416 e. The molecule has 0 radical (unpaired) electrons. The molecule has 0 spiro atoms. The minimum Gasteiger partial charge on any atom is -0.399 e. The van der Waals surface area contributed by atoms with Crippen LogP contribution in [0.15, 0.2) is 29.9 Å². The number of benzene rings is 1. The number of rotatable bonds is 3. The number of allylic oxidation sites excluding steroid dienone is 3. The number of nitrogens with zero attached hydrogens (tertiary/aromatic N) is 1. The van der Waals surface area contributed by atoms with E-state index >= 15 is 0 Å². The molecule has 0 bridgehead atoms. The average molecular weight is 306 g/mol. The number of hydrogen-bond donors (Lipinski definition) is 1. The molecule has 2 N–H and O–H groups in total. The Kier molecular flexibility index (Phi) is 4.98. The molecule has 2 nitrogen and oxygen atoms in total. The summed E-state index contributed by atoms with van der Waals surface area (Å²) in [5, 5.41) is 0. The average Bonchev–Trinajstić information content (AvgIpc) is 2.29. The molecule has 1 aromatic carbocycles. The predicted octanol–water partition coefficient (Wildman–Crippen LogP) is 3.96. The molecule has 0 aliphatic heterocycles. The minimum atomic E-state index is -4.61. The van der Waals surface area contributed by atoms with Crippen LogP contribution in [0.3, 0.4) is 0 Å². The molecule has 0 saturated carbocycles. The second-order valence-corrected chi connectivity index (χ2v) is 4.53. The Morgan fingerprint density at radius 2 is 1.62 bits per heavy atom. The summed E-state index contributed by atoms with van der Waals surface area (Å²) in [5.41, 5.74) is 3.36. The van der Waals surface area contributed by atoms with E-state index in [0.717, 1.165) is 18.2 Å². The molecule has 0 aliphatic carbocycles. The van der Waals surface area contributed by atoms with E-state index in [4.69, 9.17) is 5.73 Å². The second-order valence-electron chi connectivity index (χ2n) is 4.53. The molecule has 116 valence electrons. The molecule has 0 unspecified atom stereocenters. The number of nitrogens with two attached hydrogens (primary N) is 1. The Morgan fingerprint density at radius 1 is 1.14 bits per heavy atom. The maximum absolute atomic E-state index is 13.9. The molecule has 0 atom stereocenters. The number of hydrogen-bond acceptors (Lipinski definition) is 2. The normalized spacial score (nSPS) is 13.5. The van der Waals surface area contributed by atoms with Gasteiger partial charge in [0.15, 0.2) is 0 Å². The quantitative estimate of drug-likeness (QED) is 0.520. The lowest BCUT2D eigenvalue weighted by molar-refractivity contribution is -0.0883. The van der Waals surface area contributed by atoms with Gasteiger partial charge in [0.25, 0.3) is 0 Å². The van der Waals surface area contributed by atoms with Gasteiger partial charge in [-0.3, -0.25) is 0 Å². The van der Waals surface area contributed by atoms with Gasteiger partial charge in [0, 0.05) is 25.5 Å². The van der Waals surface area contributed by atoms with Gasteiger partial charge in [-0.05, 0) is 25.1 Å². The van der Waals surface area contributed by atoms with E-state index < -0.39 is 28.9 Å². The minimum absolute atomic E-state index is 0.145. The zero-order valence-electron chi connectivity index (χ0n) is 11.7. The Bertz CT molecular complexity index is 563. The summed E-state index contributed by atoms with van der Waals surface area (Å²) < 4.78 is 66.1. The van der Waals surface area contributed by atoms with Crippen molar-refractivity contribution >= 4 is 11.4 Å². The first-order valence-electron chi connectivity index (χ1n) is 5.95. The molecule has 1 aromatic rings. The van der Waals surface area contributed by atoms with Crippen molar-refractivity contribution < 1.29 is 22.0 Å². The summed E-state index contributed by atoms with van der Waals surface area (Å²) in [4.78, 5) is 1.20. The fourth-order valence-electron chi connectivity index (χ4n) is 1.74. The predicted molar refractivity (Wildman–Crippen MR) is 72.2 cm³/mol. The molecule has 1 rings (SSSR count). The summed E-state index contributed by atoms with van der Waals surface area (Å²) in [6.45, 7) is 1.20. The number of anilines is 1. The van der Waals surface area contributed by atoms with Crippen LogP contribution in [-0.2, 0) is 0 Å². The molecule has 21 heavy (non-hydrogen) atoms. The molecule has 7 heteroatoms. The van der Waals surface area contributed by atoms with Crippen LogP contribution in [0.4, 0.5) is 27.6 Å². The SMILES string of the molecule is C/C=C(\C=C(\c1c(F)cc(N)cc1F)N(C)C)C(F)(F)F. The zero-order chi connectivity index (χ0) is 16.4. The van der Waals surface area contributed by atoms with Crippen molar-refractivity contribution in [2.45, 2.75) is 13.1 Å². The van der Waals surface area contributed by atoms with E-state index in [1.54, 1.807) is 0 Å². The molecule has 0 fully saturated rings. The van der Waals surface area contributed by atoms with Gasteiger partial charge in [0.1, 0.15) is 11.6 Å². The van der Waals surface area contributed by atoms with E-state index in [1.807, 2.05) is 0 Å². The molecule has 0 aliphatic rings. The van der Waals surface area contributed by atoms with Crippen LogP contribution in [0, 0.1) is 11.6 Å². The van der Waals surface area contributed by atoms with E-state index in [9.17, 15) is 22.0 Å². The number of alkyl halides is 3. The van der Waals surface area contributed by atoms with Crippen LogP contribution < -0.4 is 5.73 Å². The highest BCUT2D eigenvalue weighted by atomic mass is 19.4. The maximum Gasteiger partial charge on any atom is 0.416 e. The highest BCUT2D eigenvalue weighted by Gasteiger charge is 2.32. The molecular formula is C14H15F5N2. The van der Waals surface area contributed by atoms with Crippen LogP contribution >= 0.6 is 0 Å². The zero-order valence-corrected chi connectivity index (χ0v) is 11.7. The van der Waals surface area contributed by atoms with Crippen LogP contribution in [0.1, 0.15) is 12.5 Å². The van der Waals surface area contributed by atoms with Crippen molar-refractivity contribution in [2.24, 2.45) is 0 Å². The fraction of sp³-hybridized carbons (Fsp3) is 0.286. The van der Waals surface area contributed by atoms with Gasteiger partial charge in [0.2, 0.25) is 0 Å². The highest BCUT2D eigenvalue weighted by Crippen LogP contribution is 2.32. The van der Waals surface area contributed by atoms with Crippen molar-refractivity contribution in [2.75, 3.05) is 19.8 Å². The standard InChI is InChI=1S/C14H15F5N2/c1-4-8(14(17,18)19)5-12(21(2)3)13-10(15)6-9(20)7-11(13)16/h4-7H,20H2,1-3H3/b8-4+,12-5-. The van der Waals surface area contributed by atoms with Gasteiger partial charge >= 0.3 is 6.18 Å². The van der Waals surface area contributed by atoms with Crippen molar-refractivity contribution in [1.29, 1.82) is 0 Å². The third-order valence-electron chi connectivity index (χ3n) is 2.73. The highest BCUT2D eigenvalue weighted by molar-refractivity contribution is 5.69. The second kappa shape index (κ2) is 6.15. The van der Waals surface area contributed by atoms with Gasteiger partial charge < -0.3 is 10.6 Å². The van der Waals surface area contributed by atoms with Gasteiger partial charge in [-0.25, -0.2) is 8.78 Å². The first kappa shape index (κ1) is 17.0. The molecule has 0 heterocycles. The summed E-state index contributed by atoms with van der Waals surface area (Å²) in [6, 6.07) is 1.72. The fourth-order valence-corrected chi connectivity index (χ4v) is 1.74. The van der Waals surface area contributed by atoms with Gasteiger partial charge in [-0.15, -0.1) is 0 Å². The molecule has 0 saturated heterocycles. The lowest BCUT2D eigenvalue weighted by atomic mass is 10.1. The van der Waals surface area contributed by atoms with Crippen molar-refractivity contribution in [3.8, 4) is 0 Å². The monoisotopic (exact) mass is 306 g/mol. The van der Waals surface area contributed by atoms with Crippen LogP contribution in [0.5, 0.6) is 0 Å². The van der Waals surface area contributed by atoms with Crippen LogP contribution in [-0.4, -0.2) is 25.2 Å². The summed E-state index contributed by atoms with van der Waals surface area (Å²) in [6.07, 6.45) is -3.09. The number of nitrogen functional groups attached to an aromatic ring is 1. The summed E-state index contributed by atoms with van der Waals surface area (Å²) >= 11 is 0. The van der Waals surface area contributed by atoms with Gasteiger partial charge in [0.05, 0.1) is 11.1 Å². The maximum atomic E-state index is 13.9. The lowest BCUT2D eigenvalue weighted by Crippen LogP contribution is -2.16. The molecular weight excluding hydrogens is 291 g/mol. The summed E-state index contributed by atoms with van der Waals surface area (Å²) in [5.74, 6) is -2.05. The van der Waals surface area contributed by atoms with E-state index in [0.29, 0.717) is 6.08 Å². The summed E-state index contributed by atoms with van der Waals surface area (Å²) in [7, 11) is 2.79. The Morgan fingerprint density at radius 3 is 1.95 bits per heavy atom. The Hall–Kier alpha value is -2.05. The lowest BCUT2D eigenvalue weighted by Gasteiger charge is -2.20. The van der Waals surface area contributed by atoms with Crippen molar-refractivity contribution in [3.63, 3.8) is 0 Å². The van der Waals surface area contributed by atoms with E-state index in [-0.39, 0.29) is 11.4 Å². The van der Waals surface area contributed by atoms with E-state index in [2.05, 4.69) is 0 Å². The van der Waals surface area contributed by atoms with Crippen LogP contribution in [0.25, 0.3) is 5.70 Å². The Balaban J connectivity index is 3.53. The molecule has 0 amide bonds. The third kappa shape index (κ3) is 3.96. The first-order chi connectivity index (χ1) is 9.57. The topological polar surface area (TPSA) is 29.3 Å². The van der Waals surface area contributed by atoms with E-state index in [1.165, 1.54) is 25.9 Å². The van der Waals surface area contributed by atoms with Crippen molar-refractivity contribution in [3.05, 3.63) is 47.1 Å². The number of halogens is 5. The van der Waals surface area contributed by atoms with Gasteiger partial charge in [-0.2, -0.15) is 13.2 Å². The first-order valence-corrected chi connectivity index (χ1v) is 5.95. The van der Waals surface area contributed by atoms with Crippen LogP contribution in [0.2, 0.25) is 0 Å². The van der Waals surface area contributed by atoms with Gasteiger partial charge in [-0.1, -0.05) is 6.08 Å². The Labute approximate surface area is 119 Å². The smallest absolute Gasteiger partial charge is 0.399 e. The third-order valence-corrected chi connectivity index (χ3v) is 2.73. The molecule has 0 aromatic heterocycles. The van der Waals surface area contributed by atoms with Crippen molar-refractivity contribution in [1.82, 2.24) is 4.90 Å².